The molecule has 1 fully saturated rings. The standard InChI is InChI=1S/C21H25N5S/c1-16-13-23-21(27-16)25-20-15-22-14-19(24-20)18-8-11-26(12-9-18)10-7-17-5-3-2-4-6-17/h2-6,13-15,18H,7-12H2,1H3,(H,23,24,25). The fourth-order valence-electron chi connectivity index (χ4n) is 3.54. The molecule has 3 heterocycles. The number of nitrogens with zero attached hydrogens (tertiary/aromatic N) is 4. The number of thiazole rings is 1. The molecular weight excluding hydrogens is 354 g/mol. The highest BCUT2D eigenvalue weighted by Crippen LogP contribution is 2.28. The van der Waals surface area contributed by atoms with Gasteiger partial charge in [-0.25, -0.2) is 9.97 Å². The number of hydrogen-bond acceptors (Lipinski definition) is 6. The highest BCUT2D eigenvalue weighted by Gasteiger charge is 2.22. The van der Waals surface area contributed by atoms with E-state index in [4.69, 9.17) is 4.98 Å². The van der Waals surface area contributed by atoms with Gasteiger partial charge in [-0.3, -0.25) is 4.98 Å². The summed E-state index contributed by atoms with van der Waals surface area (Å²) >= 11 is 1.63. The summed E-state index contributed by atoms with van der Waals surface area (Å²) in [6.45, 7) is 5.44. The van der Waals surface area contributed by atoms with Crippen LogP contribution in [0.25, 0.3) is 0 Å². The molecule has 0 unspecified atom stereocenters. The molecule has 1 N–H and O–H groups in total. The zero-order valence-electron chi connectivity index (χ0n) is 15.6. The molecule has 27 heavy (non-hydrogen) atoms. The smallest absolute Gasteiger partial charge is 0.188 e. The number of likely N-dealkylation sites (tertiary alicyclic amines) is 1. The van der Waals surface area contributed by atoms with Crippen LogP contribution in [0.15, 0.2) is 48.9 Å². The van der Waals surface area contributed by atoms with Crippen molar-refractivity contribution in [2.45, 2.75) is 32.1 Å². The Kier molecular flexibility index (Phi) is 5.75. The van der Waals surface area contributed by atoms with E-state index < -0.39 is 0 Å². The van der Waals surface area contributed by atoms with Gasteiger partial charge in [0.1, 0.15) is 0 Å². The molecule has 1 aromatic carbocycles. The minimum absolute atomic E-state index is 0.491. The highest BCUT2D eigenvalue weighted by atomic mass is 32.1. The summed E-state index contributed by atoms with van der Waals surface area (Å²) in [5.41, 5.74) is 2.51. The van der Waals surface area contributed by atoms with Crippen molar-refractivity contribution in [3.8, 4) is 0 Å². The first kappa shape index (κ1) is 18.1. The molecule has 0 saturated carbocycles. The Labute approximate surface area is 164 Å². The largest absolute Gasteiger partial charge is 0.315 e. The molecule has 0 atom stereocenters. The lowest BCUT2D eigenvalue weighted by Gasteiger charge is -2.31. The van der Waals surface area contributed by atoms with Gasteiger partial charge in [0.2, 0.25) is 0 Å². The van der Waals surface area contributed by atoms with Gasteiger partial charge in [0.25, 0.3) is 0 Å². The van der Waals surface area contributed by atoms with E-state index in [1.165, 1.54) is 10.4 Å². The van der Waals surface area contributed by atoms with Gasteiger partial charge in [0.15, 0.2) is 10.9 Å². The quantitative estimate of drug-likeness (QED) is 0.688. The average Bonchev–Trinajstić information content (AvgIpc) is 3.12. The van der Waals surface area contributed by atoms with Gasteiger partial charge in [0.05, 0.1) is 11.9 Å². The highest BCUT2D eigenvalue weighted by molar-refractivity contribution is 7.15. The average molecular weight is 380 g/mol. The number of piperidine rings is 1. The van der Waals surface area contributed by atoms with E-state index >= 15 is 0 Å². The number of aryl methyl sites for hydroxylation is 1. The lowest BCUT2D eigenvalue weighted by molar-refractivity contribution is 0.213. The molecule has 3 aromatic rings. The van der Waals surface area contributed by atoms with Crippen molar-refractivity contribution >= 4 is 22.3 Å². The first-order valence-corrected chi connectivity index (χ1v) is 10.4. The molecule has 1 aliphatic rings. The third-order valence-electron chi connectivity index (χ3n) is 5.07. The Hall–Kier alpha value is -2.31. The van der Waals surface area contributed by atoms with Crippen LogP contribution in [-0.2, 0) is 6.42 Å². The molecule has 2 aromatic heterocycles. The molecule has 0 spiro atoms. The van der Waals surface area contributed by atoms with Crippen LogP contribution in [-0.4, -0.2) is 39.5 Å². The minimum atomic E-state index is 0.491. The van der Waals surface area contributed by atoms with Crippen LogP contribution < -0.4 is 5.32 Å². The first-order valence-electron chi connectivity index (χ1n) is 9.54. The normalized spacial score (nSPS) is 15.7. The van der Waals surface area contributed by atoms with Gasteiger partial charge in [-0.1, -0.05) is 30.3 Å². The Morgan fingerprint density at radius 3 is 2.67 bits per heavy atom. The number of nitrogens with one attached hydrogen (secondary N) is 1. The molecule has 4 rings (SSSR count). The molecule has 6 heteroatoms. The fraction of sp³-hybridized carbons (Fsp3) is 0.381. The summed E-state index contributed by atoms with van der Waals surface area (Å²) in [4.78, 5) is 17.3. The number of rotatable bonds is 6. The minimum Gasteiger partial charge on any atom is -0.315 e. The second-order valence-corrected chi connectivity index (χ2v) is 8.32. The van der Waals surface area contributed by atoms with Crippen molar-refractivity contribution in [2.24, 2.45) is 0 Å². The van der Waals surface area contributed by atoms with E-state index in [9.17, 15) is 0 Å². The van der Waals surface area contributed by atoms with Gasteiger partial charge in [-0.15, -0.1) is 11.3 Å². The summed E-state index contributed by atoms with van der Waals surface area (Å²) in [6, 6.07) is 10.7. The van der Waals surface area contributed by atoms with Crippen LogP contribution >= 0.6 is 11.3 Å². The molecule has 0 radical (unpaired) electrons. The van der Waals surface area contributed by atoms with Crippen molar-refractivity contribution in [3.05, 3.63) is 65.1 Å². The molecule has 140 valence electrons. The molecule has 0 bridgehead atoms. The molecule has 0 amide bonds. The Morgan fingerprint density at radius 2 is 1.93 bits per heavy atom. The molecule has 1 saturated heterocycles. The van der Waals surface area contributed by atoms with Crippen LogP contribution in [0.2, 0.25) is 0 Å². The predicted octanol–water partition coefficient (Wildman–Crippen LogP) is 4.41. The van der Waals surface area contributed by atoms with Crippen LogP contribution in [0.4, 0.5) is 10.9 Å². The predicted molar refractivity (Wildman–Crippen MR) is 111 cm³/mol. The zero-order valence-corrected chi connectivity index (χ0v) is 16.5. The van der Waals surface area contributed by atoms with Crippen molar-refractivity contribution in [1.29, 1.82) is 0 Å². The Bertz CT molecular complexity index is 856. The van der Waals surface area contributed by atoms with Gasteiger partial charge < -0.3 is 10.2 Å². The third-order valence-corrected chi connectivity index (χ3v) is 5.90. The van der Waals surface area contributed by atoms with Gasteiger partial charge in [0, 0.05) is 29.7 Å². The second-order valence-electron chi connectivity index (χ2n) is 7.08. The van der Waals surface area contributed by atoms with Gasteiger partial charge in [-0.05, 0) is 44.8 Å². The lowest BCUT2D eigenvalue weighted by Crippen LogP contribution is -2.34. The summed E-state index contributed by atoms with van der Waals surface area (Å²) in [7, 11) is 0. The number of anilines is 2. The van der Waals surface area contributed by atoms with Gasteiger partial charge in [-0.2, -0.15) is 0 Å². The number of hydrogen-bond donors (Lipinski definition) is 1. The van der Waals surface area contributed by atoms with E-state index in [-0.39, 0.29) is 0 Å². The topological polar surface area (TPSA) is 53.9 Å². The van der Waals surface area contributed by atoms with Crippen LogP contribution in [0.5, 0.6) is 0 Å². The van der Waals surface area contributed by atoms with Gasteiger partial charge >= 0.3 is 0 Å². The maximum Gasteiger partial charge on any atom is 0.188 e. The van der Waals surface area contributed by atoms with Crippen molar-refractivity contribution in [3.63, 3.8) is 0 Å². The zero-order chi connectivity index (χ0) is 18.5. The summed E-state index contributed by atoms with van der Waals surface area (Å²) in [6.07, 6.45) is 8.97. The van der Waals surface area contributed by atoms with Crippen LogP contribution in [0.1, 0.15) is 34.9 Å². The maximum atomic E-state index is 4.79. The Morgan fingerprint density at radius 1 is 1.11 bits per heavy atom. The second kappa shape index (κ2) is 8.59. The molecule has 1 aliphatic heterocycles. The SMILES string of the molecule is Cc1cnc(Nc2cncc(C3CCN(CCc4ccccc4)CC3)n2)s1. The monoisotopic (exact) mass is 379 g/mol. The van der Waals surface area contributed by atoms with Crippen molar-refractivity contribution in [1.82, 2.24) is 19.9 Å². The van der Waals surface area contributed by atoms with E-state index in [0.29, 0.717) is 5.92 Å². The fourth-order valence-corrected chi connectivity index (χ4v) is 4.22. The third kappa shape index (κ3) is 4.90. The van der Waals surface area contributed by atoms with Crippen molar-refractivity contribution in [2.75, 3.05) is 25.0 Å². The Balaban J connectivity index is 1.31. The lowest BCUT2D eigenvalue weighted by atomic mass is 9.93. The van der Waals surface area contributed by atoms with Crippen LogP contribution in [0, 0.1) is 6.92 Å². The molecular formula is C21H25N5S. The first-order chi connectivity index (χ1) is 13.3. The van der Waals surface area contributed by atoms with E-state index in [1.807, 2.05) is 12.4 Å². The van der Waals surface area contributed by atoms with Crippen LogP contribution in [0.3, 0.4) is 0 Å². The van der Waals surface area contributed by atoms with E-state index in [2.05, 4.69) is 57.4 Å². The number of benzene rings is 1. The summed E-state index contributed by atoms with van der Waals surface area (Å²) in [5.74, 6) is 1.28. The number of aromatic nitrogens is 3. The maximum absolute atomic E-state index is 4.79. The van der Waals surface area contributed by atoms with E-state index in [1.54, 1.807) is 17.5 Å². The van der Waals surface area contributed by atoms with E-state index in [0.717, 1.165) is 55.5 Å². The van der Waals surface area contributed by atoms with Crippen molar-refractivity contribution < 1.29 is 0 Å². The molecule has 5 nitrogen and oxygen atoms in total. The summed E-state index contributed by atoms with van der Waals surface area (Å²) < 4.78 is 0. The summed E-state index contributed by atoms with van der Waals surface area (Å²) in [5, 5.41) is 4.14. The molecule has 0 aliphatic carbocycles.